The molecule has 1 N–H and O–H groups in total. The van der Waals surface area contributed by atoms with Gasteiger partial charge in [0.1, 0.15) is 18.4 Å². The monoisotopic (exact) mass is 280 g/mol. The van der Waals surface area contributed by atoms with Crippen molar-refractivity contribution in [3.63, 3.8) is 0 Å². The highest BCUT2D eigenvalue weighted by atomic mass is 35.5. The second-order valence-corrected chi connectivity index (χ2v) is 4.42. The van der Waals surface area contributed by atoms with E-state index < -0.39 is 6.10 Å². The Balaban J connectivity index is 1.98. The summed E-state index contributed by atoms with van der Waals surface area (Å²) in [6, 6.07) is 5.24. The van der Waals surface area contributed by atoms with E-state index in [1.807, 2.05) is 6.92 Å². The molecule has 1 aromatic carbocycles. The lowest BCUT2D eigenvalue weighted by atomic mass is 10.2. The molecule has 0 radical (unpaired) electrons. The van der Waals surface area contributed by atoms with Gasteiger partial charge in [0.05, 0.1) is 0 Å². The number of ether oxygens (including phenoxy) is 1. The van der Waals surface area contributed by atoms with Crippen LogP contribution in [0.5, 0.6) is 5.75 Å². The molecular weight excluding hydrogens is 268 g/mol. The summed E-state index contributed by atoms with van der Waals surface area (Å²) in [6.07, 6.45) is 2.12. The van der Waals surface area contributed by atoms with Gasteiger partial charge >= 0.3 is 0 Å². The van der Waals surface area contributed by atoms with Crippen LogP contribution in [0.25, 0.3) is 0 Å². The van der Waals surface area contributed by atoms with E-state index in [-0.39, 0.29) is 5.91 Å². The highest BCUT2D eigenvalue weighted by Gasteiger charge is 2.15. The zero-order valence-corrected chi connectivity index (χ0v) is 11.3. The molecule has 100 valence electrons. The van der Waals surface area contributed by atoms with Gasteiger partial charge in [-0.2, -0.15) is 0 Å². The number of nitrogens with zero attached hydrogens (tertiary/aromatic N) is 3. The summed E-state index contributed by atoms with van der Waals surface area (Å²) in [5.74, 6) is 0.292. The van der Waals surface area contributed by atoms with E-state index in [0.29, 0.717) is 10.8 Å². The lowest BCUT2D eigenvalue weighted by molar-refractivity contribution is -0.123. The first-order valence-corrected chi connectivity index (χ1v) is 6.02. The predicted molar refractivity (Wildman–Crippen MR) is 70.7 cm³/mol. The molecule has 2 rings (SSSR count). The van der Waals surface area contributed by atoms with E-state index in [1.165, 1.54) is 17.3 Å². The standard InChI is InChI=1S/C12H13ClN4O2/c1-8-5-10(3-4-11(8)13)19-9(2)12(18)16-17-6-14-15-7-17/h3-7,9H,1-2H3,(H,16,18). The van der Waals surface area contributed by atoms with Crippen LogP contribution in [-0.4, -0.2) is 26.9 Å². The number of benzene rings is 1. The van der Waals surface area contributed by atoms with Crippen molar-refractivity contribution in [2.24, 2.45) is 0 Å². The number of aromatic nitrogens is 3. The van der Waals surface area contributed by atoms with E-state index in [4.69, 9.17) is 16.3 Å². The normalized spacial score (nSPS) is 11.9. The number of carbonyl (C=O) groups excluding carboxylic acids is 1. The number of amides is 1. The lowest BCUT2D eigenvalue weighted by Gasteiger charge is -2.15. The molecule has 1 unspecified atom stereocenters. The molecule has 0 aliphatic rings. The fourth-order valence-corrected chi connectivity index (χ4v) is 1.54. The molecule has 7 heteroatoms. The van der Waals surface area contributed by atoms with E-state index in [0.717, 1.165) is 5.56 Å². The average Bonchev–Trinajstić information content (AvgIpc) is 2.86. The minimum Gasteiger partial charge on any atom is -0.481 e. The van der Waals surface area contributed by atoms with E-state index >= 15 is 0 Å². The van der Waals surface area contributed by atoms with Crippen LogP contribution in [0.3, 0.4) is 0 Å². The maximum atomic E-state index is 11.8. The van der Waals surface area contributed by atoms with Crippen LogP contribution in [0, 0.1) is 6.92 Å². The molecule has 0 fully saturated rings. The van der Waals surface area contributed by atoms with Crippen LogP contribution in [-0.2, 0) is 4.79 Å². The Bertz CT molecular complexity index is 571. The van der Waals surface area contributed by atoms with Gasteiger partial charge in [0.2, 0.25) is 0 Å². The van der Waals surface area contributed by atoms with Gasteiger partial charge in [0.15, 0.2) is 6.10 Å². The Kier molecular flexibility index (Phi) is 4.01. The number of nitrogens with one attached hydrogen (secondary N) is 1. The highest BCUT2D eigenvalue weighted by molar-refractivity contribution is 6.31. The van der Waals surface area contributed by atoms with Crippen molar-refractivity contribution in [2.75, 3.05) is 5.43 Å². The second kappa shape index (κ2) is 5.71. The highest BCUT2D eigenvalue weighted by Crippen LogP contribution is 2.21. The van der Waals surface area contributed by atoms with Gasteiger partial charge in [-0.05, 0) is 37.6 Å². The first kappa shape index (κ1) is 13.4. The molecule has 0 saturated heterocycles. The molecule has 19 heavy (non-hydrogen) atoms. The largest absolute Gasteiger partial charge is 0.481 e. The lowest BCUT2D eigenvalue weighted by Crippen LogP contribution is -2.34. The summed E-state index contributed by atoms with van der Waals surface area (Å²) in [7, 11) is 0. The number of aryl methyl sites for hydroxylation is 1. The van der Waals surface area contributed by atoms with Gasteiger partial charge in [-0.15, -0.1) is 10.2 Å². The van der Waals surface area contributed by atoms with Crippen LogP contribution in [0.15, 0.2) is 30.9 Å². The minimum absolute atomic E-state index is 0.299. The Labute approximate surface area is 115 Å². The zero-order chi connectivity index (χ0) is 13.8. The first-order valence-electron chi connectivity index (χ1n) is 5.64. The third-order valence-electron chi connectivity index (χ3n) is 2.47. The van der Waals surface area contributed by atoms with E-state index in [1.54, 1.807) is 25.1 Å². The molecule has 1 heterocycles. The summed E-state index contributed by atoms with van der Waals surface area (Å²) >= 11 is 5.92. The number of carbonyl (C=O) groups is 1. The number of rotatable bonds is 4. The maximum Gasteiger partial charge on any atom is 0.279 e. The number of hydrogen-bond acceptors (Lipinski definition) is 4. The SMILES string of the molecule is Cc1cc(OC(C)C(=O)Nn2cnnc2)ccc1Cl. The fraction of sp³-hybridized carbons (Fsp3) is 0.250. The topological polar surface area (TPSA) is 69.0 Å². The van der Waals surface area contributed by atoms with Crippen LogP contribution >= 0.6 is 11.6 Å². The van der Waals surface area contributed by atoms with Crippen LogP contribution in [0.4, 0.5) is 0 Å². The Morgan fingerprint density at radius 3 is 2.74 bits per heavy atom. The second-order valence-electron chi connectivity index (χ2n) is 4.02. The molecule has 0 saturated carbocycles. The van der Waals surface area contributed by atoms with Crippen molar-refractivity contribution in [1.29, 1.82) is 0 Å². The predicted octanol–water partition coefficient (Wildman–Crippen LogP) is 1.78. The van der Waals surface area contributed by atoms with Crippen LogP contribution < -0.4 is 10.2 Å². The first-order chi connectivity index (χ1) is 9.06. The van der Waals surface area contributed by atoms with Gasteiger partial charge < -0.3 is 4.74 Å². The quantitative estimate of drug-likeness (QED) is 0.927. The smallest absolute Gasteiger partial charge is 0.279 e. The van der Waals surface area contributed by atoms with Crippen LogP contribution in [0.1, 0.15) is 12.5 Å². The maximum absolute atomic E-state index is 11.8. The molecule has 0 aliphatic heterocycles. The molecule has 0 spiro atoms. The summed E-state index contributed by atoms with van der Waals surface area (Å²) in [6.45, 7) is 3.53. The van der Waals surface area contributed by atoms with Gasteiger partial charge in [-0.25, -0.2) is 4.68 Å². The fourth-order valence-electron chi connectivity index (χ4n) is 1.42. The summed E-state index contributed by atoms with van der Waals surface area (Å²) in [4.78, 5) is 11.8. The van der Waals surface area contributed by atoms with Gasteiger partial charge in [0, 0.05) is 5.02 Å². The Morgan fingerprint density at radius 2 is 2.11 bits per heavy atom. The Morgan fingerprint density at radius 1 is 1.42 bits per heavy atom. The van der Waals surface area contributed by atoms with Gasteiger partial charge in [-0.1, -0.05) is 11.6 Å². The molecule has 1 atom stereocenters. The third-order valence-corrected chi connectivity index (χ3v) is 2.89. The van der Waals surface area contributed by atoms with Crippen molar-refractivity contribution in [2.45, 2.75) is 20.0 Å². The zero-order valence-electron chi connectivity index (χ0n) is 10.5. The summed E-state index contributed by atoms with van der Waals surface area (Å²) in [5.41, 5.74) is 3.46. The Hall–Kier alpha value is -2.08. The van der Waals surface area contributed by atoms with E-state index in [2.05, 4.69) is 15.6 Å². The molecule has 6 nitrogen and oxygen atoms in total. The molecule has 2 aromatic rings. The van der Waals surface area contributed by atoms with Gasteiger partial charge in [-0.3, -0.25) is 10.2 Å². The molecular formula is C12H13ClN4O2. The number of halogens is 1. The number of hydrogen-bond donors (Lipinski definition) is 1. The van der Waals surface area contributed by atoms with Crippen molar-refractivity contribution in [3.8, 4) is 5.75 Å². The van der Waals surface area contributed by atoms with Crippen molar-refractivity contribution >= 4 is 17.5 Å². The molecule has 0 aliphatic carbocycles. The molecule has 0 bridgehead atoms. The van der Waals surface area contributed by atoms with E-state index in [9.17, 15) is 4.79 Å². The molecule has 1 amide bonds. The van der Waals surface area contributed by atoms with Crippen molar-refractivity contribution in [3.05, 3.63) is 41.4 Å². The van der Waals surface area contributed by atoms with Crippen molar-refractivity contribution in [1.82, 2.24) is 14.9 Å². The summed E-state index contributed by atoms with van der Waals surface area (Å²) < 4.78 is 6.89. The van der Waals surface area contributed by atoms with Crippen molar-refractivity contribution < 1.29 is 9.53 Å². The average molecular weight is 281 g/mol. The summed E-state index contributed by atoms with van der Waals surface area (Å²) in [5, 5.41) is 7.83. The van der Waals surface area contributed by atoms with Gasteiger partial charge in [0.25, 0.3) is 5.91 Å². The minimum atomic E-state index is -0.650. The van der Waals surface area contributed by atoms with Crippen LogP contribution in [0.2, 0.25) is 5.02 Å². The third kappa shape index (κ3) is 3.45. The molecule has 1 aromatic heterocycles.